The van der Waals surface area contributed by atoms with E-state index in [0.29, 0.717) is 13.0 Å². The van der Waals surface area contributed by atoms with E-state index < -0.39 is 5.79 Å². The number of ether oxygens (including phenoxy) is 3. The summed E-state index contributed by atoms with van der Waals surface area (Å²) in [5.74, 6) is 0.503. The molecule has 10 nitrogen and oxygen atoms in total. The summed E-state index contributed by atoms with van der Waals surface area (Å²) in [5.41, 5.74) is 4.03. The van der Waals surface area contributed by atoms with Crippen molar-refractivity contribution < 1.29 is 29.3 Å². The quantitative estimate of drug-likeness (QED) is 0.103. The standard InChI is InChI=1S/C37H52N4O6/c1-5-8-14-27-25-38-40-41(27)34-24-32(39-44-4)30-22-26(13-9-11-18-42)29(15-10-12-19-43)35-31-23-28(45-20-6-2)16-17-33(31)47-37(34,36(30)35)46-21-7-3/h6-7,16-17,22-23,25-26,29,34-36,42-43H,2-3,5,8-15,18-21,24H2,1,4H3/t26-,29+,34-,35+,36+,37+/m0/s1. The van der Waals surface area contributed by atoms with Crippen LogP contribution in [0.15, 0.2) is 66.5 Å². The molecule has 47 heavy (non-hydrogen) atoms. The molecule has 6 atom stereocenters. The van der Waals surface area contributed by atoms with E-state index >= 15 is 0 Å². The van der Waals surface area contributed by atoms with E-state index in [0.717, 1.165) is 91.8 Å². The van der Waals surface area contributed by atoms with Crippen molar-refractivity contribution in [1.82, 2.24) is 15.0 Å². The summed E-state index contributed by atoms with van der Waals surface area (Å²) >= 11 is 0. The second kappa shape index (κ2) is 16.6. The first-order valence-corrected chi connectivity index (χ1v) is 17.3. The summed E-state index contributed by atoms with van der Waals surface area (Å²) in [6.45, 7) is 11.0. The molecule has 5 rings (SSSR count). The maximum atomic E-state index is 9.78. The Balaban J connectivity index is 1.76. The Labute approximate surface area is 279 Å². The van der Waals surface area contributed by atoms with Gasteiger partial charge in [-0.1, -0.05) is 61.4 Å². The van der Waals surface area contributed by atoms with Crippen molar-refractivity contribution in [2.45, 2.75) is 88.9 Å². The first kappa shape index (κ1) is 34.9. The minimum Gasteiger partial charge on any atom is -0.490 e. The molecule has 0 radical (unpaired) electrons. The lowest BCUT2D eigenvalue weighted by atomic mass is 9.55. The lowest BCUT2D eigenvalue weighted by molar-refractivity contribution is -0.252. The number of aliphatic hydroxyl groups is 2. The van der Waals surface area contributed by atoms with Crippen LogP contribution in [0.1, 0.15) is 87.9 Å². The van der Waals surface area contributed by atoms with Crippen molar-refractivity contribution in [1.29, 1.82) is 0 Å². The van der Waals surface area contributed by atoms with Gasteiger partial charge in [-0.15, -0.1) is 11.7 Å². The zero-order chi connectivity index (χ0) is 33.2. The fourth-order valence-corrected chi connectivity index (χ4v) is 8.00. The topological polar surface area (TPSA) is 120 Å². The molecule has 2 aliphatic carbocycles. The van der Waals surface area contributed by atoms with Crippen molar-refractivity contribution >= 4 is 5.71 Å². The van der Waals surface area contributed by atoms with Crippen molar-refractivity contribution in [2.75, 3.05) is 33.5 Å². The fraction of sp³-hybridized carbons (Fsp3) is 0.595. The predicted molar refractivity (Wildman–Crippen MR) is 182 cm³/mol. The highest BCUT2D eigenvalue weighted by Crippen LogP contribution is 2.63. The van der Waals surface area contributed by atoms with Gasteiger partial charge in [0.05, 0.1) is 30.1 Å². The van der Waals surface area contributed by atoms with Crippen LogP contribution >= 0.6 is 0 Å². The minimum atomic E-state index is -1.14. The molecule has 0 amide bonds. The summed E-state index contributed by atoms with van der Waals surface area (Å²) in [6.07, 6.45) is 16.2. The number of unbranched alkanes of at least 4 members (excludes halogenated alkanes) is 3. The number of hydrogen-bond acceptors (Lipinski definition) is 9. The number of benzene rings is 1. The summed E-state index contributed by atoms with van der Waals surface area (Å²) in [6, 6.07) is 5.68. The number of allylic oxidation sites excluding steroid dienone is 1. The van der Waals surface area contributed by atoms with E-state index in [-0.39, 0.29) is 49.5 Å². The van der Waals surface area contributed by atoms with E-state index in [4.69, 9.17) is 19.0 Å². The molecule has 1 aromatic heterocycles. The molecule has 2 heterocycles. The molecule has 0 spiro atoms. The van der Waals surface area contributed by atoms with Gasteiger partial charge in [0.25, 0.3) is 0 Å². The lowest BCUT2D eigenvalue weighted by Crippen LogP contribution is -2.63. The Morgan fingerprint density at radius 1 is 1.09 bits per heavy atom. The van der Waals surface area contributed by atoms with Crippen LogP contribution in [0.4, 0.5) is 0 Å². The highest BCUT2D eigenvalue weighted by atomic mass is 16.7. The van der Waals surface area contributed by atoms with Crippen molar-refractivity contribution in [2.24, 2.45) is 22.9 Å². The molecule has 1 aliphatic heterocycles. The van der Waals surface area contributed by atoms with Gasteiger partial charge >= 0.3 is 0 Å². The van der Waals surface area contributed by atoms with Gasteiger partial charge in [-0.05, 0) is 74.1 Å². The number of nitrogens with zero attached hydrogens (tertiary/aromatic N) is 4. The van der Waals surface area contributed by atoms with Gasteiger partial charge < -0.3 is 29.3 Å². The maximum absolute atomic E-state index is 9.78. The van der Waals surface area contributed by atoms with Crippen LogP contribution in [-0.4, -0.2) is 70.2 Å². The van der Waals surface area contributed by atoms with E-state index in [2.05, 4.69) is 47.7 Å². The molecule has 1 fully saturated rings. The Hall–Kier alpha value is -3.47. The average molecular weight is 649 g/mol. The zero-order valence-corrected chi connectivity index (χ0v) is 28.1. The largest absolute Gasteiger partial charge is 0.490 e. The summed E-state index contributed by atoms with van der Waals surface area (Å²) in [7, 11) is 1.59. The van der Waals surface area contributed by atoms with Crippen LogP contribution in [0, 0.1) is 17.8 Å². The number of fused-ring (bicyclic) bond motifs is 2. The first-order valence-electron chi connectivity index (χ1n) is 17.3. The fourth-order valence-electron chi connectivity index (χ4n) is 8.00. The second-order valence-corrected chi connectivity index (χ2v) is 12.8. The molecule has 1 aromatic carbocycles. The number of aliphatic hydroxyl groups excluding tert-OH is 2. The third-order valence-electron chi connectivity index (χ3n) is 9.94. The molecule has 1 saturated carbocycles. The van der Waals surface area contributed by atoms with Crippen molar-refractivity contribution in [3.8, 4) is 11.5 Å². The van der Waals surface area contributed by atoms with Crippen LogP contribution in [0.2, 0.25) is 0 Å². The molecule has 2 N–H and O–H groups in total. The van der Waals surface area contributed by atoms with E-state index in [9.17, 15) is 10.2 Å². The highest BCUT2D eigenvalue weighted by Gasteiger charge is 2.65. The molecule has 10 heteroatoms. The van der Waals surface area contributed by atoms with Gasteiger partial charge in [0.15, 0.2) is 0 Å². The van der Waals surface area contributed by atoms with Gasteiger partial charge in [0.2, 0.25) is 5.79 Å². The van der Waals surface area contributed by atoms with Gasteiger partial charge in [0.1, 0.15) is 31.3 Å². The Kier molecular flexibility index (Phi) is 12.3. The molecule has 0 unspecified atom stereocenters. The third kappa shape index (κ3) is 7.20. The molecular weight excluding hydrogens is 596 g/mol. The third-order valence-corrected chi connectivity index (χ3v) is 9.94. The van der Waals surface area contributed by atoms with Gasteiger partial charge in [-0.3, -0.25) is 0 Å². The Bertz CT molecular complexity index is 1400. The van der Waals surface area contributed by atoms with Crippen LogP contribution in [0.5, 0.6) is 11.5 Å². The molecule has 2 aromatic rings. The number of aromatic nitrogens is 3. The number of hydrogen-bond donors (Lipinski definition) is 2. The SMILES string of the molecule is C=CCOc1ccc2c(c1)[C@H]1[C@H](CCCCO)[C@@H](CCCCO)C=C3C(=NOC)C[C@H](n4nncc4CCCC)[C@@](OCC=C)(O2)[C@H]31. The molecular formula is C37H52N4O6. The van der Waals surface area contributed by atoms with E-state index in [1.54, 1.807) is 19.3 Å². The predicted octanol–water partition coefficient (Wildman–Crippen LogP) is 6.32. The summed E-state index contributed by atoms with van der Waals surface area (Å²) < 4.78 is 22.2. The van der Waals surface area contributed by atoms with Crippen LogP contribution < -0.4 is 9.47 Å². The van der Waals surface area contributed by atoms with Gasteiger partial charge in [-0.25, -0.2) is 4.68 Å². The van der Waals surface area contributed by atoms with Crippen LogP contribution in [0.3, 0.4) is 0 Å². The smallest absolute Gasteiger partial charge is 0.241 e. The van der Waals surface area contributed by atoms with E-state index in [1.807, 2.05) is 23.0 Å². The van der Waals surface area contributed by atoms with Crippen molar-refractivity contribution in [3.05, 3.63) is 72.6 Å². The highest BCUT2D eigenvalue weighted by molar-refractivity contribution is 6.02. The molecule has 3 aliphatic rings. The van der Waals surface area contributed by atoms with E-state index in [1.165, 1.54) is 0 Å². The summed E-state index contributed by atoms with van der Waals surface area (Å²) in [5, 5.41) is 33.1. The monoisotopic (exact) mass is 648 g/mol. The van der Waals surface area contributed by atoms with Gasteiger partial charge in [0, 0.05) is 31.1 Å². The maximum Gasteiger partial charge on any atom is 0.241 e. The van der Waals surface area contributed by atoms with Gasteiger partial charge in [-0.2, -0.15) is 0 Å². The Morgan fingerprint density at radius 3 is 2.60 bits per heavy atom. The lowest BCUT2D eigenvalue weighted by Gasteiger charge is -2.58. The minimum absolute atomic E-state index is 0.0267. The summed E-state index contributed by atoms with van der Waals surface area (Å²) in [4.78, 5) is 5.51. The normalized spacial score (nSPS) is 26.9. The molecule has 0 saturated heterocycles. The zero-order valence-electron chi connectivity index (χ0n) is 28.1. The second-order valence-electron chi connectivity index (χ2n) is 12.8. The van der Waals surface area contributed by atoms with Crippen LogP contribution in [0.25, 0.3) is 0 Å². The Morgan fingerprint density at radius 2 is 1.87 bits per heavy atom. The first-order chi connectivity index (χ1) is 23.1. The number of rotatable bonds is 19. The number of oxime groups is 1. The van der Waals surface area contributed by atoms with Crippen molar-refractivity contribution in [3.63, 3.8) is 0 Å². The average Bonchev–Trinajstić information content (AvgIpc) is 3.55. The number of aryl methyl sites for hydroxylation is 1. The molecule has 256 valence electrons. The van der Waals surface area contributed by atoms with Crippen LogP contribution in [-0.2, 0) is 16.0 Å². The molecule has 0 bridgehead atoms.